The lowest BCUT2D eigenvalue weighted by molar-refractivity contribution is 0.706. The van der Waals surface area contributed by atoms with Crippen molar-refractivity contribution in [1.82, 2.24) is 24.3 Å². The molecule has 0 fully saturated rings. The number of aromatic nitrogens is 5. The molecule has 0 saturated heterocycles. The van der Waals surface area contributed by atoms with Crippen LogP contribution in [-0.4, -0.2) is 24.3 Å². The summed E-state index contributed by atoms with van der Waals surface area (Å²) in [6, 6.07) is 6.00. The Morgan fingerprint density at radius 3 is 2.76 bits per heavy atom. The average molecular weight is 284 g/mol. The number of fused-ring (bicyclic) bond motifs is 1. The zero-order valence-electron chi connectivity index (χ0n) is 12.7. The van der Waals surface area contributed by atoms with Gasteiger partial charge in [0.1, 0.15) is 5.52 Å². The summed E-state index contributed by atoms with van der Waals surface area (Å²) < 4.78 is 3.84. The highest BCUT2D eigenvalue weighted by Gasteiger charge is 2.17. The minimum absolute atomic E-state index is 0.513. The van der Waals surface area contributed by atoms with Crippen molar-refractivity contribution < 1.29 is 0 Å². The van der Waals surface area contributed by atoms with E-state index in [1.54, 1.807) is 0 Å². The number of hydrogen-bond donors (Lipinski definition) is 1. The minimum Gasteiger partial charge on any atom is -0.369 e. The van der Waals surface area contributed by atoms with E-state index in [1.165, 1.54) is 0 Å². The number of pyridine rings is 1. The van der Waals surface area contributed by atoms with E-state index in [4.69, 9.17) is 5.73 Å². The molecule has 0 radical (unpaired) electrons. The van der Waals surface area contributed by atoms with Gasteiger partial charge in [0.05, 0.1) is 17.9 Å². The summed E-state index contributed by atoms with van der Waals surface area (Å²) in [5.74, 6) is 0.513. The second-order valence-electron chi connectivity index (χ2n) is 5.32. The van der Waals surface area contributed by atoms with Gasteiger partial charge >= 0.3 is 0 Å². The van der Waals surface area contributed by atoms with Crippen LogP contribution in [0.3, 0.4) is 0 Å². The highest BCUT2D eigenvalue weighted by Crippen LogP contribution is 2.22. The molecule has 6 heteroatoms. The van der Waals surface area contributed by atoms with Gasteiger partial charge in [0.2, 0.25) is 5.95 Å². The zero-order valence-corrected chi connectivity index (χ0v) is 12.7. The van der Waals surface area contributed by atoms with E-state index in [2.05, 4.69) is 22.0 Å². The Hall–Kier alpha value is -2.37. The van der Waals surface area contributed by atoms with E-state index in [0.717, 1.165) is 41.1 Å². The smallest absolute Gasteiger partial charge is 0.202 e. The first kappa shape index (κ1) is 13.6. The Morgan fingerprint density at radius 1 is 1.24 bits per heavy atom. The molecule has 2 N–H and O–H groups in total. The van der Waals surface area contributed by atoms with Crippen molar-refractivity contribution >= 4 is 17.1 Å². The molecule has 6 nitrogen and oxygen atoms in total. The predicted octanol–water partition coefficient (Wildman–Crippen LogP) is 2.06. The van der Waals surface area contributed by atoms with Gasteiger partial charge in [-0.25, -0.2) is 4.98 Å². The van der Waals surface area contributed by atoms with Crippen molar-refractivity contribution in [3.8, 4) is 0 Å². The summed E-state index contributed by atoms with van der Waals surface area (Å²) in [7, 11) is 1.93. The molecular weight excluding hydrogens is 264 g/mol. The van der Waals surface area contributed by atoms with Gasteiger partial charge in [0, 0.05) is 12.7 Å². The van der Waals surface area contributed by atoms with Crippen molar-refractivity contribution in [1.29, 1.82) is 0 Å². The first-order chi connectivity index (χ1) is 10.1. The van der Waals surface area contributed by atoms with Gasteiger partial charge in [-0.05, 0) is 25.5 Å². The van der Waals surface area contributed by atoms with E-state index in [-0.39, 0.29) is 0 Å². The Labute approximate surface area is 123 Å². The van der Waals surface area contributed by atoms with Gasteiger partial charge in [-0.1, -0.05) is 19.4 Å². The van der Waals surface area contributed by atoms with E-state index >= 15 is 0 Å². The summed E-state index contributed by atoms with van der Waals surface area (Å²) in [5, 5.41) is 4.56. The van der Waals surface area contributed by atoms with E-state index in [9.17, 15) is 0 Å². The minimum atomic E-state index is 0.513. The Bertz CT molecular complexity index is 783. The first-order valence-electron chi connectivity index (χ1n) is 7.20. The van der Waals surface area contributed by atoms with E-state index in [0.29, 0.717) is 12.5 Å². The van der Waals surface area contributed by atoms with Crippen LogP contribution in [0.5, 0.6) is 0 Å². The third-order valence-corrected chi connectivity index (χ3v) is 3.57. The maximum absolute atomic E-state index is 6.10. The largest absolute Gasteiger partial charge is 0.369 e. The summed E-state index contributed by atoms with van der Waals surface area (Å²) in [5.41, 5.74) is 10.9. The molecule has 3 aromatic rings. The van der Waals surface area contributed by atoms with Crippen LogP contribution in [0.4, 0.5) is 5.95 Å². The molecule has 3 aromatic heterocycles. The van der Waals surface area contributed by atoms with E-state index < -0.39 is 0 Å². The van der Waals surface area contributed by atoms with Crippen LogP contribution in [0.1, 0.15) is 30.4 Å². The summed E-state index contributed by atoms with van der Waals surface area (Å²) >= 11 is 0. The van der Waals surface area contributed by atoms with Crippen LogP contribution >= 0.6 is 0 Å². The van der Waals surface area contributed by atoms with Gasteiger partial charge in [-0.15, -0.1) is 0 Å². The maximum Gasteiger partial charge on any atom is 0.202 e. The topological polar surface area (TPSA) is 74.6 Å². The molecule has 0 unspecified atom stereocenters. The molecule has 0 amide bonds. The Kier molecular flexibility index (Phi) is 3.37. The van der Waals surface area contributed by atoms with Crippen LogP contribution < -0.4 is 5.73 Å². The number of imidazole rings is 1. The second-order valence-corrected chi connectivity index (χ2v) is 5.32. The molecule has 21 heavy (non-hydrogen) atoms. The molecule has 0 spiro atoms. The Balaban J connectivity index is 2.08. The number of nitrogen functional groups attached to an aromatic ring is 1. The second kappa shape index (κ2) is 5.20. The molecule has 3 rings (SSSR count). The van der Waals surface area contributed by atoms with Crippen LogP contribution in [-0.2, 0) is 20.0 Å². The monoisotopic (exact) mass is 284 g/mol. The van der Waals surface area contributed by atoms with Crippen LogP contribution in [0.15, 0.2) is 18.2 Å². The predicted molar refractivity (Wildman–Crippen MR) is 83.0 cm³/mol. The lowest BCUT2D eigenvalue weighted by Crippen LogP contribution is -2.09. The number of nitrogens with zero attached hydrogens (tertiary/aromatic N) is 5. The fourth-order valence-electron chi connectivity index (χ4n) is 2.67. The highest BCUT2D eigenvalue weighted by atomic mass is 15.3. The van der Waals surface area contributed by atoms with Crippen molar-refractivity contribution in [2.45, 2.75) is 33.2 Å². The van der Waals surface area contributed by atoms with Crippen molar-refractivity contribution in [3.63, 3.8) is 0 Å². The number of hydrogen-bond acceptors (Lipinski definition) is 4. The third-order valence-electron chi connectivity index (χ3n) is 3.57. The van der Waals surface area contributed by atoms with Crippen LogP contribution in [0, 0.1) is 6.92 Å². The Morgan fingerprint density at radius 2 is 2.05 bits per heavy atom. The van der Waals surface area contributed by atoms with Crippen LogP contribution in [0.25, 0.3) is 11.2 Å². The van der Waals surface area contributed by atoms with Crippen molar-refractivity contribution in [2.75, 3.05) is 5.73 Å². The highest BCUT2D eigenvalue weighted by molar-refractivity contribution is 5.77. The van der Waals surface area contributed by atoms with E-state index in [1.807, 2.05) is 41.4 Å². The maximum atomic E-state index is 6.10. The lowest BCUT2D eigenvalue weighted by Gasteiger charge is -2.07. The number of rotatable bonds is 4. The molecule has 0 aliphatic carbocycles. The summed E-state index contributed by atoms with van der Waals surface area (Å²) in [4.78, 5) is 9.04. The molecule has 110 valence electrons. The van der Waals surface area contributed by atoms with Gasteiger partial charge in [0.25, 0.3) is 0 Å². The van der Waals surface area contributed by atoms with Crippen molar-refractivity contribution in [2.24, 2.45) is 7.05 Å². The normalized spacial score (nSPS) is 11.4. The molecular formula is C15H20N6. The van der Waals surface area contributed by atoms with Gasteiger partial charge in [-0.3, -0.25) is 14.2 Å². The summed E-state index contributed by atoms with van der Waals surface area (Å²) in [6.45, 7) is 4.73. The molecule has 0 saturated carbocycles. The summed E-state index contributed by atoms with van der Waals surface area (Å²) in [6.07, 6.45) is 1.95. The number of aryl methyl sites for hydroxylation is 3. The SMILES string of the molecule is CCCc1nn(C)c2c1nc(N)n2Cc1cccc(C)n1. The fraction of sp³-hybridized carbons (Fsp3) is 0.400. The van der Waals surface area contributed by atoms with Gasteiger partial charge < -0.3 is 5.73 Å². The molecule has 0 aliphatic rings. The molecule has 0 aromatic carbocycles. The molecule has 0 aliphatic heterocycles. The molecule has 3 heterocycles. The van der Waals surface area contributed by atoms with Gasteiger partial charge in [-0.2, -0.15) is 5.10 Å². The molecule has 0 bridgehead atoms. The quantitative estimate of drug-likeness (QED) is 0.795. The first-order valence-corrected chi connectivity index (χ1v) is 7.20. The van der Waals surface area contributed by atoms with Crippen molar-refractivity contribution in [3.05, 3.63) is 35.3 Å². The average Bonchev–Trinajstić information content (AvgIpc) is 2.90. The zero-order chi connectivity index (χ0) is 15.0. The molecule has 0 atom stereocenters. The van der Waals surface area contributed by atoms with Crippen LogP contribution in [0.2, 0.25) is 0 Å². The van der Waals surface area contributed by atoms with Gasteiger partial charge in [0.15, 0.2) is 5.65 Å². The number of nitrogens with two attached hydrogens (primary N) is 1. The fourth-order valence-corrected chi connectivity index (χ4v) is 2.67. The number of anilines is 1. The third kappa shape index (κ3) is 2.37. The standard InChI is InChI=1S/C15H20N6/c1-4-6-12-13-14(20(3)19-12)21(15(16)18-13)9-11-8-5-7-10(2)17-11/h5,7-8H,4,6,9H2,1-3H3,(H2,16,18). The lowest BCUT2D eigenvalue weighted by atomic mass is 10.2.